The molecule has 1 N–H and O–H groups in total. The number of likely N-dealkylation sites (tertiary alicyclic amines) is 1. The maximum atomic E-state index is 11.9. The van der Waals surface area contributed by atoms with Crippen molar-refractivity contribution in [1.29, 1.82) is 0 Å². The van der Waals surface area contributed by atoms with Crippen molar-refractivity contribution in [3.8, 4) is 0 Å². The van der Waals surface area contributed by atoms with Gasteiger partial charge in [-0.2, -0.15) is 5.10 Å². The van der Waals surface area contributed by atoms with E-state index in [1.807, 2.05) is 11.0 Å². The molecule has 1 fully saturated rings. The number of amides is 2. The highest BCUT2D eigenvalue weighted by atomic mass is 16.2. The molecule has 2 amide bonds. The van der Waals surface area contributed by atoms with Crippen molar-refractivity contribution < 1.29 is 9.59 Å². The minimum atomic E-state index is -0.200. The van der Waals surface area contributed by atoms with Crippen molar-refractivity contribution in [3.63, 3.8) is 0 Å². The summed E-state index contributed by atoms with van der Waals surface area (Å²) in [6, 6.07) is 1.92. The normalized spacial score (nSPS) is 18.5. The van der Waals surface area contributed by atoms with Crippen LogP contribution in [0.3, 0.4) is 0 Å². The first-order valence-corrected chi connectivity index (χ1v) is 7.42. The second kappa shape index (κ2) is 5.75. The van der Waals surface area contributed by atoms with E-state index in [2.05, 4.69) is 15.4 Å². The standard InChI is InChI=1S/C15H19N5O2/c1-10(21)19-7-3-4-11(9-19)13-5-6-17-14-12(15(22)16-2)8-18-20(13)14/h5-6,8,11H,3-4,7,9H2,1-2H3,(H,16,22)/t11-/m0/s1. The zero-order valence-corrected chi connectivity index (χ0v) is 12.7. The highest BCUT2D eigenvalue weighted by molar-refractivity contribution is 5.99. The average Bonchev–Trinajstić information content (AvgIpc) is 2.98. The number of carbonyl (C=O) groups excluding carboxylic acids is 2. The van der Waals surface area contributed by atoms with E-state index in [0.29, 0.717) is 17.8 Å². The molecule has 0 saturated carbocycles. The van der Waals surface area contributed by atoms with Crippen LogP contribution in [0.1, 0.15) is 41.7 Å². The summed E-state index contributed by atoms with van der Waals surface area (Å²) in [4.78, 5) is 29.6. The molecule has 7 heteroatoms. The molecule has 2 aromatic heterocycles. The monoisotopic (exact) mass is 301 g/mol. The summed E-state index contributed by atoms with van der Waals surface area (Å²) in [6.07, 6.45) is 5.21. The van der Waals surface area contributed by atoms with Gasteiger partial charge in [-0.1, -0.05) is 0 Å². The zero-order valence-electron chi connectivity index (χ0n) is 12.7. The van der Waals surface area contributed by atoms with E-state index < -0.39 is 0 Å². The Morgan fingerprint density at radius 2 is 2.23 bits per heavy atom. The van der Waals surface area contributed by atoms with Crippen LogP contribution in [0.2, 0.25) is 0 Å². The first-order chi connectivity index (χ1) is 10.6. The van der Waals surface area contributed by atoms with Crippen molar-refractivity contribution in [2.24, 2.45) is 0 Å². The quantitative estimate of drug-likeness (QED) is 0.890. The van der Waals surface area contributed by atoms with E-state index in [0.717, 1.165) is 25.1 Å². The molecule has 0 spiro atoms. The van der Waals surface area contributed by atoms with Crippen molar-refractivity contribution in [2.45, 2.75) is 25.7 Å². The summed E-state index contributed by atoms with van der Waals surface area (Å²) in [5.74, 6) is 0.107. The van der Waals surface area contributed by atoms with Crippen molar-refractivity contribution in [3.05, 3.63) is 29.7 Å². The second-order valence-corrected chi connectivity index (χ2v) is 5.55. The molecule has 1 saturated heterocycles. The zero-order chi connectivity index (χ0) is 15.7. The molecule has 0 radical (unpaired) electrons. The molecule has 1 aliphatic heterocycles. The molecule has 3 rings (SSSR count). The molecule has 116 valence electrons. The summed E-state index contributed by atoms with van der Waals surface area (Å²) in [7, 11) is 1.58. The number of piperidine rings is 1. The molecular weight excluding hydrogens is 282 g/mol. The molecule has 0 aromatic carbocycles. The lowest BCUT2D eigenvalue weighted by molar-refractivity contribution is -0.130. The van der Waals surface area contributed by atoms with Crippen LogP contribution in [0.5, 0.6) is 0 Å². The Morgan fingerprint density at radius 3 is 2.95 bits per heavy atom. The van der Waals surface area contributed by atoms with Crippen LogP contribution in [0.25, 0.3) is 5.65 Å². The Kier molecular flexibility index (Phi) is 3.79. The number of rotatable bonds is 2. The molecule has 7 nitrogen and oxygen atoms in total. The third-order valence-corrected chi connectivity index (χ3v) is 4.19. The third-order valence-electron chi connectivity index (χ3n) is 4.19. The fraction of sp³-hybridized carbons (Fsp3) is 0.467. The van der Waals surface area contributed by atoms with Crippen LogP contribution in [-0.2, 0) is 4.79 Å². The molecule has 1 atom stereocenters. The number of aromatic nitrogens is 3. The molecule has 2 aromatic rings. The van der Waals surface area contributed by atoms with Gasteiger partial charge >= 0.3 is 0 Å². The number of nitrogens with one attached hydrogen (secondary N) is 1. The average molecular weight is 301 g/mol. The van der Waals surface area contributed by atoms with Crippen LogP contribution < -0.4 is 5.32 Å². The number of carbonyl (C=O) groups is 2. The van der Waals surface area contributed by atoms with Crippen LogP contribution >= 0.6 is 0 Å². The predicted molar refractivity (Wildman–Crippen MR) is 80.6 cm³/mol. The van der Waals surface area contributed by atoms with E-state index in [1.165, 1.54) is 6.20 Å². The summed E-state index contributed by atoms with van der Waals surface area (Å²) in [6.45, 7) is 3.09. The summed E-state index contributed by atoms with van der Waals surface area (Å²) in [5.41, 5.74) is 2.01. The van der Waals surface area contributed by atoms with E-state index in [-0.39, 0.29) is 17.7 Å². The first kappa shape index (κ1) is 14.5. The molecule has 22 heavy (non-hydrogen) atoms. The molecule has 0 bridgehead atoms. The second-order valence-electron chi connectivity index (χ2n) is 5.55. The Bertz CT molecular complexity index is 724. The minimum Gasteiger partial charge on any atom is -0.355 e. The molecule has 1 aliphatic rings. The third kappa shape index (κ3) is 2.43. The summed E-state index contributed by atoms with van der Waals surface area (Å²) >= 11 is 0. The number of hydrogen-bond donors (Lipinski definition) is 1. The van der Waals surface area contributed by atoms with Gasteiger partial charge in [0.15, 0.2) is 5.65 Å². The van der Waals surface area contributed by atoms with Gasteiger partial charge in [0, 0.05) is 39.2 Å². The highest BCUT2D eigenvalue weighted by Gasteiger charge is 2.26. The van der Waals surface area contributed by atoms with Gasteiger partial charge in [-0.15, -0.1) is 0 Å². The van der Waals surface area contributed by atoms with Gasteiger partial charge in [-0.05, 0) is 18.9 Å². The van der Waals surface area contributed by atoms with Crippen LogP contribution in [0.15, 0.2) is 18.5 Å². The maximum Gasteiger partial charge on any atom is 0.256 e. The van der Waals surface area contributed by atoms with Gasteiger partial charge in [0.2, 0.25) is 5.91 Å². The highest BCUT2D eigenvalue weighted by Crippen LogP contribution is 2.27. The van der Waals surface area contributed by atoms with Crippen LogP contribution in [0, 0.1) is 0 Å². The smallest absolute Gasteiger partial charge is 0.256 e. The topological polar surface area (TPSA) is 79.6 Å². The lowest BCUT2D eigenvalue weighted by Crippen LogP contribution is -2.38. The largest absolute Gasteiger partial charge is 0.355 e. The van der Waals surface area contributed by atoms with Crippen molar-refractivity contribution in [1.82, 2.24) is 24.8 Å². The van der Waals surface area contributed by atoms with Crippen LogP contribution in [-0.4, -0.2) is 51.4 Å². The van der Waals surface area contributed by atoms with E-state index >= 15 is 0 Å². The number of fused-ring (bicyclic) bond motifs is 1. The van der Waals surface area contributed by atoms with Crippen molar-refractivity contribution >= 4 is 17.5 Å². The Labute approximate surface area is 128 Å². The van der Waals surface area contributed by atoms with Crippen LogP contribution in [0.4, 0.5) is 0 Å². The van der Waals surface area contributed by atoms with Gasteiger partial charge in [-0.25, -0.2) is 9.50 Å². The molecule has 0 unspecified atom stereocenters. The minimum absolute atomic E-state index is 0.0986. The molecule has 3 heterocycles. The molecule has 0 aliphatic carbocycles. The Hall–Kier alpha value is -2.44. The van der Waals surface area contributed by atoms with Gasteiger partial charge in [-0.3, -0.25) is 9.59 Å². The van der Waals surface area contributed by atoms with Gasteiger partial charge < -0.3 is 10.2 Å². The number of nitrogens with zero attached hydrogens (tertiary/aromatic N) is 4. The number of hydrogen-bond acceptors (Lipinski definition) is 4. The fourth-order valence-electron chi connectivity index (χ4n) is 3.02. The summed E-state index contributed by atoms with van der Waals surface area (Å²) in [5, 5.41) is 6.92. The van der Waals surface area contributed by atoms with Crippen molar-refractivity contribution in [2.75, 3.05) is 20.1 Å². The SMILES string of the molecule is CNC(=O)c1cnn2c([C@H]3CCCN(C(C)=O)C3)ccnc12. The first-order valence-electron chi connectivity index (χ1n) is 7.42. The predicted octanol–water partition coefficient (Wildman–Crippen LogP) is 0.815. The fourth-order valence-corrected chi connectivity index (χ4v) is 3.02. The Balaban J connectivity index is 1.99. The lowest BCUT2D eigenvalue weighted by atomic mass is 9.94. The Morgan fingerprint density at radius 1 is 1.41 bits per heavy atom. The van der Waals surface area contributed by atoms with E-state index in [1.54, 1.807) is 24.7 Å². The molecular formula is C15H19N5O2. The maximum absolute atomic E-state index is 11.9. The summed E-state index contributed by atoms with van der Waals surface area (Å²) < 4.78 is 1.72. The van der Waals surface area contributed by atoms with Gasteiger partial charge in [0.1, 0.15) is 5.56 Å². The van der Waals surface area contributed by atoms with E-state index in [4.69, 9.17) is 0 Å². The van der Waals surface area contributed by atoms with Gasteiger partial charge in [0.25, 0.3) is 5.91 Å². The lowest BCUT2D eigenvalue weighted by Gasteiger charge is -2.32. The van der Waals surface area contributed by atoms with E-state index in [9.17, 15) is 9.59 Å². The van der Waals surface area contributed by atoms with Gasteiger partial charge in [0.05, 0.1) is 11.9 Å².